The van der Waals surface area contributed by atoms with Gasteiger partial charge in [-0.3, -0.25) is 19.6 Å². The first-order valence-corrected chi connectivity index (χ1v) is 29.4. The zero-order valence-electron chi connectivity index (χ0n) is 51.7. The summed E-state index contributed by atoms with van der Waals surface area (Å²) in [7, 11) is 0. The Bertz CT molecular complexity index is 3780. The molecule has 0 radical (unpaired) electrons. The number of anilines is 12. The van der Waals surface area contributed by atoms with Crippen LogP contribution in [0.2, 0.25) is 0 Å². The summed E-state index contributed by atoms with van der Waals surface area (Å²) in [5.74, 6) is 2.92. The Morgan fingerprint density at radius 2 is 0.440 bits per heavy atom. The zero-order valence-corrected chi connectivity index (χ0v) is 51.7. The zero-order chi connectivity index (χ0) is 59.4. The van der Waals surface area contributed by atoms with Crippen molar-refractivity contribution >= 4 is 101 Å². The molecule has 12 rings (SSSR count). The van der Waals surface area contributed by atoms with E-state index in [1.807, 2.05) is 0 Å². The molecule has 0 aliphatic rings. The monoisotopic (exact) mass is 1110 g/mol. The van der Waals surface area contributed by atoms with E-state index in [1.165, 1.54) is 22.3 Å². The molecule has 0 spiro atoms. The lowest BCUT2D eigenvalue weighted by atomic mass is 9.86. The molecule has 0 saturated heterocycles. The number of nitrogens with zero attached hydrogens (tertiary/aromatic N) is 4. The lowest BCUT2D eigenvalue weighted by molar-refractivity contribution is 0.571. The molecule has 4 heterocycles. The molecule has 84 heavy (non-hydrogen) atoms. The van der Waals surface area contributed by atoms with Crippen LogP contribution < -0.4 is 19.6 Å². The van der Waals surface area contributed by atoms with E-state index in [0.29, 0.717) is 0 Å². The minimum atomic E-state index is -0.0587. The maximum Gasteiger partial charge on any atom is 0.207 e. The predicted octanol–water partition coefficient (Wildman–Crippen LogP) is 23.3. The molecule has 4 aromatic heterocycles. The molecular weight excluding hydrogens is 1030 g/mol. The van der Waals surface area contributed by atoms with Gasteiger partial charge < -0.3 is 17.7 Å². The SMILES string of the molecule is Cc1ccoc1N(c1ccc(C(C)(C)C)cc1)c1cc(N(c2ccc(C(C)(C)C)cc2)c2occc2C)c2ccc3c(N(c4ccc(C(C)(C)C)cc4)c4occc4C)cc(N(c4ccc(C(C)(C)C)cc4)c4occc4C)c4ccc1c2c43. The summed E-state index contributed by atoms with van der Waals surface area (Å²) in [4.78, 5) is 9.22. The molecule has 8 heteroatoms. The van der Waals surface area contributed by atoms with E-state index in [4.69, 9.17) is 17.7 Å². The van der Waals surface area contributed by atoms with Crippen LogP contribution in [0.3, 0.4) is 0 Å². The third-order valence-electron chi connectivity index (χ3n) is 16.9. The molecule has 0 atom stereocenters. The average Bonchev–Trinajstić information content (AvgIpc) is 0.929. The van der Waals surface area contributed by atoms with E-state index in [-0.39, 0.29) is 21.7 Å². The van der Waals surface area contributed by atoms with E-state index in [0.717, 1.165) is 124 Å². The molecule has 0 amide bonds. The molecule has 426 valence electrons. The van der Waals surface area contributed by atoms with Crippen LogP contribution in [0.5, 0.6) is 0 Å². The van der Waals surface area contributed by atoms with E-state index in [2.05, 4.69) is 288 Å². The van der Waals surface area contributed by atoms with Gasteiger partial charge in [0.25, 0.3) is 0 Å². The van der Waals surface area contributed by atoms with Gasteiger partial charge >= 0.3 is 0 Å². The molecule has 12 aromatic rings. The first kappa shape index (κ1) is 55.6. The molecule has 8 aromatic carbocycles. The van der Waals surface area contributed by atoms with Crippen LogP contribution >= 0.6 is 0 Å². The van der Waals surface area contributed by atoms with Gasteiger partial charge in [-0.05, 0) is 157 Å². The molecule has 0 bridgehead atoms. The Balaban J connectivity index is 1.27. The number of rotatable bonds is 12. The third kappa shape index (κ3) is 9.79. The smallest absolute Gasteiger partial charge is 0.207 e. The predicted molar refractivity (Wildman–Crippen MR) is 352 cm³/mol. The van der Waals surface area contributed by atoms with Crippen molar-refractivity contribution < 1.29 is 17.7 Å². The van der Waals surface area contributed by atoms with Crippen molar-refractivity contribution in [2.45, 2.75) is 132 Å². The molecule has 0 saturated carbocycles. The van der Waals surface area contributed by atoms with Crippen molar-refractivity contribution in [3.05, 3.63) is 227 Å². The van der Waals surface area contributed by atoms with Crippen molar-refractivity contribution in [2.75, 3.05) is 19.6 Å². The topological polar surface area (TPSA) is 65.5 Å². The maximum atomic E-state index is 6.67. The van der Waals surface area contributed by atoms with E-state index in [1.54, 1.807) is 25.1 Å². The Hall–Kier alpha value is -8.88. The molecule has 0 unspecified atom stereocenters. The summed E-state index contributed by atoms with van der Waals surface area (Å²) in [6, 6.07) is 58.1. The summed E-state index contributed by atoms with van der Waals surface area (Å²) in [5, 5.41) is 6.29. The van der Waals surface area contributed by atoms with Crippen LogP contribution in [0.25, 0.3) is 32.3 Å². The van der Waals surface area contributed by atoms with Crippen LogP contribution in [0.1, 0.15) is 128 Å². The molecule has 0 aliphatic carbocycles. The van der Waals surface area contributed by atoms with Crippen molar-refractivity contribution in [3.63, 3.8) is 0 Å². The fourth-order valence-corrected chi connectivity index (χ4v) is 11.9. The molecular formula is C76H78N4O4. The van der Waals surface area contributed by atoms with Crippen LogP contribution in [-0.2, 0) is 21.7 Å². The Morgan fingerprint density at radius 3 is 0.595 bits per heavy atom. The van der Waals surface area contributed by atoms with Crippen molar-refractivity contribution in [1.29, 1.82) is 0 Å². The number of aryl methyl sites for hydroxylation is 4. The Morgan fingerprint density at radius 1 is 0.250 bits per heavy atom. The van der Waals surface area contributed by atoms with Crippen LogP contribution in [0.4, 0.5) is 69.0 Å². The van der Waals surface area contributed by atoms with Crippen LogP contribution in [-0.4, -0.2) is 0 Å². The summed E-state index contributed by atoms with van der Waals surface area (Å²) >= 11 is 0. The highest BCUT2D eigenvalue weighted by atomic mass is 16.4. The highest BCUT2D eigenvalue weighted by Crippen LogP contribution is 2.56. The largest absolute Gasteiger partial charge is 0.448 e. The highest BCUT2D eigenvalue weighted by Gasteiger charge is 2.33. The lowest BCUT2D eigenvalue weighted by Crippen LogP contribution is -2.17. The molecule has 0 fully saturated rings. The molecule has 0 N–H and O–H groups in total. The van der Waals surface area contributed by atoms with Crippen molar-refractivity contribution in [1.82, 2.24) is 0 Å². The highest BCUT2D eigenvalue weighted by molar-refractivity contribution is 6.33. The van der Waals surface area contributed by atoms with Gasteiger partial charge in [0.1, 0.15) is 0 Å². The first-order chi connectivity index (χ1) is 39.9. The fourth-order valence-electron chi connectivity index (χ4n) is 11.9. The second kappa shape index (κ2) is 20.5. The van der Waals surface area contributed by atoms with Gasteiger partial charge in [0.15, 0.2) is 0 Å². The number of benzene rings is 8. The fraction of sp³-hybridized carbons (Fsp3) is 0.263. The molecule has 8 nitrogen and oxygen atoms in total. The van der Waals surface area contributed by atoms with Gasteiger partial charge in [-0.1, -0.05) is 156 Å². The van der Waals surface area contributed by atoms with Gasteiger partial charge in [0.2, 0.25) is 23.5 Å². The van der Waals surface area contributed by atoms with Gasteiger partial charge in [-0.15, -0.1) is 0 Å². The quantitative estimate of drug-likeness (QED) is 0.112. The summed E-state index contributed by atoms with van der Waals surface area (Å²) < 4.78 is 26.7. The maximum absolute atomic E-state index is 6.67. The third-order valence-corrected chi connectivity index (χ3v) is 16.9. The van der Waals surface area contributed by atoms with E-state index in [9.17, 15) is 0 Å². The average molecular weight is 1110 g/mol. The van der Waals surface area contributed by atoms with Gasteiger partial charge in [0, 0.05) is 77.3 Å². The second-order valence-corrected chi connectivity index (χ2v) is 27.1. The molecule has 0 aliphatic heterocycles. The minimum Gasteiger partial charge on any atom is -0.448 e. The lowest BCUT2D eigenvalue weighted by Gasteiger charge is -2.33. The first-order valence-electron chi connectivity index (χ1n) is 29.4. The van der Waals surface area contributed by atoms with Gasteiger partial charge in [-0.25, -0.2) is 0 Å². The second-order valence-electron chi connectivity index (χ2n) is 27.1. The van der Waals surface area contributed by atoms with E-state index >= 15 is 0 Å². The summed E-state index contributed by atoms with van der Waals surface area (Å²) in [6.07, 6.45) is 7.18. The minimum absolute atomic E-state index is 0.0587. The van der Waals surface area contributed by atoms with Crippen molar-refractivity contribution in [3.8, 4) is 0 Å². The number of hydrogen-bond acceptors (Lipinski definition) is 8. The Labute approximate surface area is 495 Å². The number of hydrogen-bond donors (Lipinski definition) is 0. The van der Waals surface area contributed by atoms with Crippen molar-refractivity contribution in [2.24, 2.45) is 0 Å². The number of furan rings is 4. The van der Waals surface area contributed by atoms with E-state index < -0.39 is 0 Å². The Kier molecular flexibility index (Phi) is 13.6. The standard InChI is InChI=1S/C76H78N4O4/c1-47-37-41-81-69(47)77(55-25-17-51(18-26-55)73(5,6)7)63-45-64(78(70-48(2)38-42-82-70)56-27-19-52(20-28-56)74(8,9)10)60-35-36-62-66(80(72-50(4)40-44-84-72)58-31-23-54(24-32-58)76(14,15)16)46-65(61-34-33-59(63)67(60)68(61)62)79(71-49(3)39-43-83-71)57-29-21-53(22-30-57)75(11,12)13/h17-46H,1-16H3. The summed E-state index contributed by atoms with van der Waals surface area (Å²) in [6.45, 7) is 35.6. The van der Waals surface area contributed by atoms with Gasteiger partial charge in [-0.2, -0.15) is 0 Å². The van der Waals surface area contributed by atoms with Crippen LogP contribution in [0, 0.1) is 27.7 Å². The van der Waals surface area contributed by atoms with Crippen LogP contribution in [0.15, 0.2) is 200 Å². The van der Waals surface area contributed by atoms with Gasteiger partial charge in [0.05, 0.1) is 47.8 Å². The summed E-state index contributed by atoms with van der Waals surface area (Å²) in [5.41, 5.74) is 16.4. The normalized spacial score (nSPS) is 12.5.